The van der Waals surface area contributed by atoms with Crippen LogP contribution in [0.2, 0.25) is 0 Å². The van der Waals surface area contributed by atoms with E-state index in [0.717, 1.165) is 6.54 Å². The Hall–Kier alpha value is -1.12. The zero-order valence-corrected chi connectivity index (χ0v) is 13.2. The van der Waals surface area contributed by atoms with E-state index >= 15 is 0 Å². The van der Waals surface area contributed by atoms with E-state index in [1.807, 2.05) is 11.3 Å². The summed E-state index contributed by atoms with van der Waals surface area (Å²) in [5.41, 5.74) is 3.00. The summed E-state index contributed by atoms with van der Waals surface area (Å²) in [4.78, 5) is 3.12. The van der Waals surface area contributed by atoms with Gasteiger partial charge in [-0.3, -0.25) is 0 Å². The summed E-state index contributed by atoms with van der Waals surface area (Å²) < 4.78 is 0. The zero-order valence-electron chi connectivity index (χ0n) is 12.4. The minimum Gasteiger partial charge on any atom is -0.305 e. The first-order valence-electron chi connectivity index (χ1n) is 7.63. The quantitative estimate of drug-likeness (QED) is 0.838. The van der Waals surface area contributed by atoms with Crippen LogP contribution in [-0.4, -0.2) is 0 Å². The Balaban J connectivity index is 1.68. The third-order valence-electron chi connectivity index (χ3n) is 4.12. The van der Waals surface area contributed by atoms with Crippen molar-refractivity contribution in [3.05, 3.63) is 57.3 Å². The molecule has 1 atom stereocenters. The van der Waals surface area contributed by atoms with E-state index in [4.69, 9.17) is 0 Å². The van der Waals surface area contributed by atoms with Crippen LogP contribution in [0.1, 0.15) is 47.2 Å². The van der Waals surface area contributed by atoms with Crippen LogP contribution < -0.4 is 5.32 Å². The number of thiophene rings is 1. The maximum absolute atomic E-state index is 3.75. The average molecular weight is 285 g/mol. The van der Waals surface area contributed by atoms with Gasteiger partial charge in [-0.05, 0) is 42.4 Å². The van der Waals surface area contributed by atoms with Gasteiger partial charge in [-0.25, -0.2) is 0 Å². The fraction of sp³-hybridized carbons (Fsp3) is 0.444. The molecular formula is C18H23NS. The van der Waals surface area contributed by atoms with Crippen molar-refractivity contribution in [1.82, 2.24) is 5.32 Å². The molecule has 1 aliphatic carbocycles. The Kier molecular flexibility index (Phi) is 4.23. The maximum atomic E-state index is 3.75. The van der Waals surface area contributed by atoms with Gasteiger partial charge in [0.2, 0.25) is 0 Å². The monoisotopic (exact) mass is 285 g/mol. The van der Waals surface area contributed by atoms with Crippen molar-refractivity contribution in [1.29, 1.82) is 0 Å². The summed E-state index contributed by atoms with van der Waals surface area (Å²) in [6, 6.07) is 13.7. The molecule has 1 unspecified atom stereocenters. The summed E-state index contributed by atoms with van der Waals surface area (Å²) in [6.45, 7) is 5.58. The number of fused-ring (bicyclic) bond motifs is 1. The number of rotatable bonds is 5. The number of hydrogen-bond donors (Lipinski definition) is 1. The lowest BCUT2D eigenvalue weighted by Gasteiger charge is -2.22. The molecule has 1 heterocycles. The van der Waals surface area contributed by atoms with E-state index < -0.39 is 0 Å². The molecule has 1 aromatic heterocycles. The van der Waals surface area contributed by atoms with Crippen LogP contribution >= 0.6 is 11.3 Å². The van der Waals surface area contributed by atoms with Crippen molar-refractivity contribution in [2.24, 2.45) is 5.92 Å². The fourth-order valence-corrected chi connectivity index (χ4v) is 4.30. The van der Waals surface area contributed by atoms with Crippen LogP contribution in [0.5, 0.6) is 0 Å². The highest BCUT2D eigenvalue weighted by Gasteiger charge is 2.17. The molecule has 1 aromatic carbocycles. The summed E-state index contributed by atoms with van der Waals surface area (Å²) >= 11 is 2.01. The first-order chi connectivity index (χ1) is 9.74. The van der Waals surface area contributed by atoms with Gasteiger partial charge in [0, 0.05) is 22.3 Å². The van der Waals surface area contributed by atoms with E-state index in [1.165, 1.54) is 29.7 Å². The van der Waals surface area contributed by atoms with Crippen molar-refractivity contribution in [2.45, 2.75) is 45.7 Å². The SMILES string of the molecule is CC(C)C(NCc1cc2c(s1)CCC2)c1ccccc1. The number of hydrogen-bond acceptors (Lipinski definition) is 2. The molecule has 20 heavy (non-hydrogen) atoms. The lowest BCUT2D eigenvalue weighted by atomic mass is 9.96. The molecule has 2 aromatic rings. The van der Waals surface area contributed by atoms with Crippen molar-refractivity contribution in [3.63, 3.8) is 0 Å². The molecule has 0 radical (unpaired) electrons. The summed E-state index contributed by atoms with van der Waals surface area (Å²) in [5.74, 6) is 0.601. The van der Waals surface area contributed by atoms with Gasteiger partial charge in [-0.15, -0.1) is 11.3 Å². The van der Waals surface area contributed by atoms with Crippen LogP contribution in [0, 0.1) is 5.92 Å². The lowest BCUT2D eigenvalue weighted by molar-refractivity contribution is 0.412. The van der Waals surface area contributed by atoms with Gasteiger partial charge in [0.25, 0.3) is 0 Å². The largest absolute Gasteiger partial charge is 0.305 e. The van der Waals surface area contributed by atoms with Crippen molar-refractivity contribution < 1.29 is 0 Å². The molecule has 2 heteroatoms. The van der Waals surface area contributed by atoms with Gasteiger partial charge in [0.05, 0.1) is 0 Å². The average Bonchev–Trinajstić information content (AvgIpc) is 3.00. The predicted octanol–water partition coefficient (Wildman–Crippen LogP) is 4.72. The van der Waals surface area contributed by atoms with Gasteiger partial charge >= 0.3 is 0 Å². The molecule has 0 bridgehead atoms. The topological polar surface area (TPSA) is 12.0 Å². The predicted molar refractivity (Wildman–Crippen MR) is 87.2 cm³/mol. The first kappa shape index (κ1) is 13.8. The number of nitrogens with one attached hydrogen (secondary N) is 1. The minimum absolute atomic E-state index is 0.438. The molecule has 3 rings (SSSR count). The van der Waals surface area contributed by atoms with Crippen molar-refractivity contribution in [3.8, 4) is 0 Å². The smallest absolute Gasteiger partial charge is 0.0346 e. The summed E-state index contributed by atoms with van der Waals surface area (Å²) in [5, 5.41) is 3.75. The fourth-order valence-electron chi connectivity index (χ4n) is 3.09. The molecule has 1 N–H and O–H groups in total. The molecule has 0 amide bonds. The van der Waals surface area contributed by atoms with E-state index in [9.17, 15) is 0 Å². The Bertz CT molecular complexity index is 535. The number of benzene rings is 1. The molecule has 0 saturated heterocycles. The van der Waals surface area contributed by atoms with Gasteiger partial charge in [-0.2, -0.15) is 0 Å². The molecule has 1 aliphatic rings. The van der Waals surface area contributed by atoms with Gasteiger partial charge < -0.3 is 5.32 Å². The molecule has 1 nitrogen and oxygen atoms in total. The third kappa shape index (κ3) is 2.97. The van der Waals surface area contributed by atoms with Gasteiger partial charge in [0.1, 0.15) is 0 Å². The molecule has 0 saturated carbocycles. The number of aryl methyl sites for hydroxylation is 2. The second-order valence-electron chi connectivity index (χ2n) is 6.03. The van der Waals surface area contributed by atoms with Crippen LogP contribution in [0.3, 0.4) is 0 Å². The first-order valence-corrected chi connectivity index (χ1v) is 8.44. The zero-order chi connectivity index (χ0) is 13.9. The Morgan fingerprint density at radius 1 is 1.15 bits per heavy atom. The third-order valence-corrected chi connectivity index (χ3v) is 5.36. The van der Waals surface area contributed by atoms with Gasteiger partial charge in [0.15, 0.2) is 0 Å². The van der Waals surface area contributed by atoms with E-state index in [2.05, 4.69) is 55.6 Å². The van der Waals surface area contributed by atoms with Crippen LogP contribution in [0.25, 0.3) is 0 Å². The minimum atomic E-state index is 0.438. The van der Waals surface area contributed by atoms with Crippen LogP contribution in [-0.2, 0) is 19.4 Å². The molecular weight excluding hydrogens is 262 g/mol. The lowest BCUT2D eigenvalue weighted by Crippen LogP contribution is -2.25. The van der Waals surface area contributed by atoms with Crippen LogP contribution in [0.15, 0.2) is 36.4 Å². The molecule has 0 fully saturated rings. The Morgan fingerprint density at radius 2 is 1.95 bits per heavy atom. The molecule has 106 valence electrons. The Labute approximate surface area is 126 Å². The molecule has 0 aliphatic heterocycles. The second kappa shape index (κ2) is 6.11. The maximum Gasteiger partial charge on any atom is 0.0346 e. The van der Waals surface area contributed by atoms with Crippen molar-refractivity contribution >= 4 is 11.3 Å². The Morgan fingerprint density at radius 3 is 2.65 bits per heavy atom. The second-order valence-corrected chi connectivity index (χ2v) is 7.25. The van der Waals surface area contributed by atoms with Crippen LogP contribution in [0.4, 0.5) is 0 Å². The van der Waals surface area contributed by atoms with E-state index in [-0.39, 0.29) is 0 Å². The van der Waals surface area contributed by atoms with E-state index in [1.54, 1.807) is 10.4 Å². The summed E-state index contributed by atoms with van der Waals surface area (Å²) in [7, 11) is 0. The highest BCUT2D eigenvalue weighted by atomic mass is 32.1. The molecule has 0 spiro atoms. The highest BCUT2D eigenvalue weighted by molar-refractivity contribution is 7.12. The van der Waals surface area contributed by atoms with Crippen molar-refractivity contribution in [2.75, 3.05) is 0 Å². The standard InChI is InChI=1S/C18H23NS/c1-13(2)18(14-7-4-3-5-8-14)19-12-16-11-15-9-6-10-17(15)20-16/h3-5,7-8,11,13,18-19H,6,9-10,12H2,1-2H3. The highest BCUT2D eigenvalue weighted by Crippen LogP contribution is 2.31. The van der Waals surface area contributed by atoms with E-state index in [0.29, 0.717) is 12.0 Å². The van der Waals surface area contributed by atoms with Gasteiger partial charge in [-0.1, -0.05) is 44.2 Å². The normalized spacial score (nSPS) is 15.6. The summed E-state index contributed by atoms with van der Waals surface area (Å²) in [6.07, 6.45) is 3.94.